The molecule has 0 fully saturated rings. The van der Waals surface area contributed by atoms with Crippen LogP contribution in [0.2, 0.25) is 0 Å². The van der Waals surface area contributed by atoms with E-state index >= 15 is 0 Å². The minimum atomic E-state index is -0.548. The average molecular weight is 344 g/mol. The van der Waals surface area contributed by atoms with E-state index in [0.29, 0.717) is 11.3 Å². The zero-order valence-corrected chi connectivity index (χ0v) is 15.1. The smallest absolute Gasteiger partial charge is 0.319 e. The summed E-state index contributed by atoms with van der Waals surface area (Å²) in [6.45, 7) is 3.83. The zero-order valence-electron chi connectivity index (χ0n) is 15.1. The van der Waals surface area contributed by atoms with Crippen LogP contribution >= 0.6 is 0 Å². The lowest BCUT2D eigenvalue weighted by Crippen LogP contribution is -2.32. The van der Waals surface area contributed by atoms with Gasteiger partial charge in [-0.3, -0.25) is 9.48 Å². The van der Waals surface area contributed by atoms with E-state index in [1.807, 2.05) is 39.9 Å². The minimum absolute atomic E-state index is 0.212. The van der Waals surface area contributed by atoms with Crippen LogP contribution in [0.3, 0.4) is 0 Å². The third kappa shape index (κ3) is 4.09. The van der Waals surface area contributed by atoms with Crippen molar-refractivity contribution in [3.05, 3.63) is 41.2 Å². The summed E-state index contributed by atoms with van der Waals surface area (Å²) in [6, 6.07) is 4.35. The quantitative estimate of drug-likeness (QED) is 0.769. The Hall–Kier alpha value is -3.03. The molecule has 0 aliphatic heterocycles. The summed E-state index contributed by atoms with van der Waals surface area (Å²) >= 11 is 0. The molecule has 2 rings (SSSR count). The van der Waals surface area contributed by atoms with E-state index in [1.165, 1.54) is 0 Å². The number of carbonyl (C=O) groups is 2. The van der Waals surface area contributed by atoms with Crippen molar-refractivity contribution >= 4 is 23.3 Å². The minimum Gasteiger partial charge on any atom is -0.376 e. The monoisotopic (exact) mass is 344 g/mol. The highest BCUT2D eigenvalue weighted by Gasteiger charge is 2.16. The number of hydrogen-bond donors (Lipinski definition) is 3. The topological polar surface area (TPSA) is 105 Å². The maximum atomic E-state index is 12.4. The van der Waals surface area contributed by atoms with Crippen LogP contribution in [-0.2, 0) is 7.05 Å². The van der Waals surface area contributed by atoms with Crippen molar-refractivity contribution in [3.63, 3.8) is 0 Å². The summed E-state index contributed by atoms with van der Waals surface area (Å²) in [6.07, 6.45) is 1.74. The second-order valence-corrected chi connectivity index (χ2v) is 6.12. The van der Waals surface area contributed by atoms with Crippen LogP contribution in [0.15, 0.2) is 24.4 Å². The van der Waals surface area contributed by atoms with Crippen LogP contribution in [0.4, 0.5) is 16.2 Å². The maximum Gasteiger partial charge on any atom is 0.319 e. The Morgan fingerprint density at radius 1 is 1.32 bits per heavy atom. The Labute approximate surface area is 147 Å². The molecule has 0 unspecified atom stereocenters. The summed E-state index contributed by atoms with van der Waals surface area (Å²) in [5.41, 5.74) is 8.86. The Morgan fingerprint density at radius 3 is 2.52 bits per heavy atom. The van der Waals surface area contributed by atoms with Gasteiger partial charge in [-0.25, -0.2) is 4.79 Å². The third-order valence-corrected chi connectivity index (χ3v) is 4.10. The molecule has 2 aromatic rings. The van der Waals surface area contributed by atoms with Crippen LogP contribution in [-0.4, -0.2) is 35.8 Å². The Morgan fingerprint density at radius 2 is 2.00 bits per heavy atom. The molecule has 0 saturated heterocycles. The Kier molecular flexibility index (Phi) is 5.31. The van der Waals surface area contributed by atoms with Crippen LogP contribution < -0.4 is 21.3 Å². The number of benzene rings is 1. The fourth-order valence-corrected chi connectivity index (χ4v) is 2.55. The predicted molar refractivity (Wildman–Crippen MR) is 97.8 cm³/mol. The van der Waals surface area contributed by atoms with Crippen molar-refractivity contribution in [1.29, 1.82) is 0 Å². The van der Waals surface area contributed by atoms with E-state index in [1.54, 1.807) is 29.1 Å². The Bertz CT molecular complexity index is 796. The Balaban J connectivity index is 2.18. The number of urea groups is 1. The second kappa shape index (κ2) is 7.25. The van der Waals surface area contributed by atoms with Crippen LogP contribution in [0.1, 0.15) is 34.6 Å². The number of nitrogens with one attached hydrogen (secondary N) is 2. The van der Waals surface area contributed by atoms with Crippen molar-refractivity contribution in [1.82, 2.24) is 15.1 Å². The molecule has 0 bridgehead atoms. The van der Waals surface area contributed by atoms with Gasteiger partial charge in [0.1, 0.15) is 0 Å². The molecule has 8 nitrogen and oxygen atoms in total. The molecular weight excluding hydrogens is 320 g/mol. The fraction of sp³-hybridized carbons (Fsp3) is 0.353. The first-order valence-corrected chi connectivity index (χ1v) is 7.88. The van der Waals surface area contributed by atoms with Gasteiger partial charge in [0, 0.05) is 38.0 Å². The van der Waals surface area contributed by atoms with E-state index in [9.17, 15) is 9.59 Å². The highest BCUT2D eigenvalue weighted by Crippen LogP contribution is 2.26. The first-order chi connectivity index (χ1) is 11.7. The molecule has 0 aliphatic rings. The van der Waals surface area contributed by atoms with Crippen molar-refractivity contribution in [3.8, 4) is 0 Å². The lowest BCUT2D eigenvalue weighted by molar-refractivity contribution is 0.100. The van der Waals surface area contributed by atoms with E-state index in [2.05, 4.69) is 15.7 Å². The summed E-state index contributed by atoms with van der Waals surface area (Å²) < 4.78 is 1.76. The van der Waals surface area contributed by atoms with Gasteiger partial charge >= 0.3 is 6.03 Å². The first kappa shape index (κ1) is 18.3. The standard InChI is InChI=1S/C17H24N6O2/c1-10(13-9-19-23(5)11(13)2)20-17(25)21-14-8-12(16(18)24)6-7-15(14)22(3)4/h6-10H,1-5H3,(H2,18,24)(H2,20,21,25)/t10-/m1/s1. The lowest BCUT2D eigenvalue weighted by atomic mass is 10.1. The largest absolute Gasteiger partial charge is 0.376 e. The molecule has 25 heavy (non-hydrogen) atoms. The maximum absolute atomic E-state index is 12.4. The number of hydrogen-bond acceptors (Lipinski definition) is 4. The normalized spacial score (nSPS) is 11.7. The van der Waals surface area contributed by atoms with E-state index in [-0.39, 0.29) is 12.1 Å². The molecule has 0 aliphatic carbocycles. The van der Waals surface area contributed by atoms with Crippen LogP contribution in [0, 0.1) is 6.92 Å². The molecule has 0 spiro atoms. The number of rotatable bonds is 5. The molecule has 8 heteroatoms. The van der Waals surface area contributed by atoms with Gasteiger partial charge in [0.2, 0.25) is 5.91 Å². The summed E-state index contributed by atoms with van der Waals surface area (Å²) in [5, 5.41) is 9.85. The third-order valence-electron chi connectivity index (χ3n) is 4.10. The van der Waals surface area contributed by atoms with Gasteiger partial charge in [-0.2, -0.15) is 5.10 Å². The first-order valence-electron chi connectivity index (χ1n) is 7.88. The van der Waals surface area contributed by atoms with Crippen molar-refractivity contribution in [2.75, 3.05) is 24.3 Å². The number of nitrogens with two attached hydrogens (primary N) is 1. The SMILES string of the molecule is Cc1c([C@@H](C)NC(=O)Nc2cc(C(N)=O)ccc2N(C)C)cnn1C. The van der Waals surface area contributed by atoms with Crippen molar-refractivity contribution in [2.24, 2.45) is 12.8 Å². The number of amides is 3. The second-order valence-electron chi connectivity index (χ2n) is 6.12. The molecule has 134 valence electrons. The fourth-order valence-electron chi connectivity index (χ4n) is 2.55. The van der Waals surface area contributed by atoms with Gasteiger partial charge in [-0.05, 0) is 32.0 Å². The van der Waals surface area contributed by atoms with Gasteiger partial charge in [-0.1, -0.05) is 0 Å². The van der Waals surface area contributed by atoms with Crippen molar-refractivity contribution in [2.45, 2.75) is 19.9 Å². The number of aryl methyl sites for hydroxylation is 1. The highest BCUT2D eigenvalue weighted by atomic mass is 16.2. The zero-order chi connectivity index (χ0) is 18.7. The van der Waals surface area contributed by atoms with Gasteiger partial charge in [-0.15, -0.1) is 0 Å². The van der Waals surface area contributed by atoms with Gasteiger partial charge in [0.25, 0.3) is 0 Å². The molecule has 1 aromatic carbocycles. The number of carbonyl (C=O) groups excluding carboxylic acids is 2. The average Bonchev–Trinajstić information content (AvgIpc) is 2.86. The molecular formula is C17H24N6O2. The lowest BCUT2D eigenvalue weighted by Gasteiger charge is -2.20. The molecule has 1 heterocycles. The number of primary amides is 1. The number of aromatic nitrogens is 2. The number of nitrogens with zero attached hydrogens (tertiary/aromatic N) is 3. The van der Waals surface area contributed by atoms with E-state index in [4.69, 9.17) is 5.73 Å². The van der Waals surface area contributed by atoms with Gasteiger partial charge < -0.3 is 21.3 Å². The van der Waals surface area contributed by atoms with Crippen LogP contribution in [0.25, 0.3) is 0 Å². The molecule has 3 amide bonds. The highest BCUT2D eigenvalue weighted by molar-refractivity contribution is 5.98. The summed E-state index contributed by atoms with van der Waals surface area (Å²) in [7, 11) is 5.55. The summed E-state index contributed by atoms with van der Waals surface area (Å²) in [4.78, 5) is 25.6. The van der Waals surface area contributed by atoms with Gasteiger partial charge in [0.05, 0.1) is 23.6 Å². The van der Waals surface area contributed by atoms with Crippen LogP contribution in [0.5, 0.6) is 0 Å². The van der Waals surface area contributed by atoms with E-state index in [0.717, 1.165) is 16.9 Å². The molecule has 1 aromatic heterocycles. The van der Waals surface area contributed by atoms with Crippen molar-refractivity contribution < 1.29 is 9.59 Å². The molecule has 4 N–H and O–H groups in total. The van der Waals surface area contributed by atoms with Gasteiger partial charge in [0.15, 0.2) is 0 Å². The molecule has 1 atom stereocenters. The van der Waals surface area contributed by atoms with E-state index < -0.39 is 5.91 Å². The predicted octanol–water partition coefficient (Wildman–Crippen LogP) is 1.78. The summed E-state index contributed by atoms with van der Waals surface area (Å²) in [5.74, 6) is -0.548. The molecule has 0 radical (unpaired) electrons. The number of anilines is 2. The molecule has 0 saturated carbocycles.